The summed E-state index contributed by atoms with van der Waals surface area (Å²) in [5.74, 6) is 0. The molecule has 3 nitrogen and oxygen atoms in total. The molecule has 0 spiro atoms. The maximum Gasteiger partial charge on any atom is 1.00 e. The van der Waals surface area contributed by atoms with Gasteiger partial charge in [-0.1, -0.05) is 0 Å². The summed E-state index contributed by atoms with van der Waals surface area (Å²) in [5, 5.41) is 7.19. The SMILES string of the molecule is NC(=O)O.[H+].[Na+]. The van der Waals surface area contributed by atoms with Gasteiger partial charge in [-0.25, -0.2) is 4.79 Å². The maximum atomic E-state index is 8.78. The molecule has 4 heteroatoms. The van der Waals surface area contributed by atoms with Crippen LogP contribution in [0, 0.1) is 0 Å². The summed E-state index contributed by atoms with van der Waals surface area (Å²) in [4.78, 5) is 8.78. The third kappa shape index (κ3) is 302. The summed E-state index contributed by atoms with van der Waals surface area (Å²) in [6.07, 6.45) is -1.33. The van der Waals surface area contributed by atoms with Crippen molar-refractivity contribution in [1.29, 1.82) is 0 Å². The molecule has 0 aromatic carbocycles. The molecule has 1 amide bonds. The second kappa shape index (κ2) is 4.27. The Labute approximate surface area is 52.9 Å². The average molecular weight is 85.0 g/mol. The average Bonchev–Trinajstić information content (AvgIpc) is 0.811. The molecule has 0 unspecified atom stereocenters. The van der Waals surface area contributed by atoms with Crippen molar-refractivity contribution in [2.75, 3.05) is 0 Å². The fourth-order valence-electron chi connectivity index (χ4n) is 0. The van der Waals surface area contributed by atoms with Crippen molar-refractivity contribution in [3.63, 3.8) is 0 Å². The molecule has 0 rings (SSSR count). The Morgan fingerprint density at radius 3 is 2.00 bits per heavy atom. The van der Waals surface area contributed by atoms with Crippen molar-refractivity contribution >= 4 is 6.09 Å². The van der Waals surface area contributed by atoms with Gasteiger partial charge in [0.05, 0.1) is 0 Å². The minimum atomic E-state index is -1.33. The summed E-state index contributed by atoms with van der Waals surface area (Å²) < 4.78 is 0. The van der Waals surface area contributed by atoms with Crippen molar-refractivity contribution in [3.05, 3.63) is 0 Å². The maximum absolute atomic E-state index is 8.78. The van der Waals surface area contributed by atoms with Crippen LogP contribution in [0.4, 0.5) is 4.79 Å². The Kier molecular flexibility index (Phi) is 7.67. The first-order chi connectivity index (χ1) is 1.73. The summed E-state index contributed by atoms with van der Waals surface area (Å²) in [6, 6.07) is 0. The molecule has 0 aliphatic rings. The molecule has 0 bridgehead atoms. The molecule has 0 aliphatic heterocycles. The molecule has 3 N–H and O–H groups in total. The number of hydrogen-bond donors (Lipinski definition) is 2. The van der Waals surface area contributed by atoms with Crippen LogP contribution in [-0.2, 0) is 0 Å². The molecule has 0 radical (unpaired) electrons. The first-order valence-electron chi connectivity index (χ1n) is 0.716. The number of hydrogen-bond acceptors (Lipinski definition) is 1. The van der Waals surface area contributed by atoms with Crippen LogP contribution in [0.2, 0.25) is 0 Å². The van der Waals surface area contributed by atoms with Gasteiger partial charge < -0.3 is 10.8 Å². The molecule has 0 aromatic rings. The van der Waals surface area contributed by atoms with Crippen LogP contribution >= 0.6 is 0 Å². The molecular weight excluding hydrogens is 81.0 g/mol. The van der Waals surface area contributed by atoms with Crippen molar-refractivity contribution < 1.29 is 40.9 Å². The predicted molar refractivity (Wildman–Crippen MR) is 13.3 cm³/mol. The van der Waals surface area contributed by atoms with E-state index in [0.29, 0.717) is 0 Å². The van der Waals surface area contributed by atoms with Gasteiger partial charge in [0.25, 0.3) is 0 Å². The summed E-state index contributed by atoms with van der Waals surface area (Å²) in [6.45, 7) is 0. The molecule has 24 valence electrons. The molecule has 0 saturated carbocycles. The second-order valence-electron chi connectivity index (χ2n) is 0.338. The van der Waals surface area contributed by atoms with Crippen LogP contribution in [0.25, 0.3) is 0 Å². The number of carboxylic acid groups (broad SMARTS) is 1. The van der Waals surface area contributed by atoms with Crippen molar-refractivity contribution in [1.82, 2.24) is 0 Å². The van der Waals surface area contributed by atoms with Crippen LogP contribution in [-0.4, -0.2) is 11.2 Å². The van der Waals surface area contributed by atoms with E-state index < -0.39 is 6.09 Å². The van der Waals surface area contributed by atoms with Gasteiger partial charge >= 0.3 is 37.1 Å². The number of rotatable bonds is 0. The summed E-state index contributed by atoms with van der Waals surface area (Å²) in [7, 11) is 0. The van der Waals surface area contributed by atoms with Gasteiger partial charge in [0.1, 0.15) is 0 Å². The predicted octanol–water partition coefficient (Wildman–Crippen LogP) is -3.26. The van der Waals surface area contributed by atoms with Crippen LogP contribution in [0.3, 0.4) is 0 Å². The normalized spacial score (nSPS) is 4.80. The molecular formula is CH4NNaO2+2. The molecule has 5 heavy (non-hydrogen) atoms. The molecule has 0 aliphatic carbocycles. The van der Waals surface area contributed by atoms with Crippen LogP contribution < -0.4 is 35.3 Å². The quantitative estimate of drug-likeness (QED) is 0.303. The van der Waals surface area contributed by atoms with E-state index in [2.05, 4.69) is 5.73 Å². The first-order valence-corrected chi connectivity index (χ1v) is 0.716. The first kappa shape index (κ1) is 8.99. The van der Waals surface area contributed by atoms with Gasteiger partial charge in [-0.3, -0.25) is 0 Å². The van der Waals surface area contributed by atoms with Gasteiger partial charge in [0.15, 0.2) is 0 Å². The van der Waals surface area contributed by atoms with Crippen molar-refractivity contribution in [3.8, 4) is 0 Å². The molecule has 0 heterocycles. The van der Waals surface area contributed by atoms with Crippen LogP contribution in [0.5, 0.6) is 0 Å². The van der Waals surface area contributed by atoms with Crippen molar-refractivity contribution in [2.45, 2.75) is 0 Å². The Morgan fingerprint density at radius 1 is 2.00 bits per heavy atom. The minimum Gasteiger partial charge on any atom is -0.465 e. The summed E-state index contributed by atoms with van der Waals surface area (Å²) in [5.41, 5.74) is 4.03. The van der Waals surface area contributed by atoms with Crippen LogP contribution in [0.15, 0.2) is 0 Å². The Hall–Kier alpha value is 0.270. The number of nitrogens with two attached hydrogens (primary N) is 1. The Balaban J connectivity index is -0.0000000450. The molecule has 0 atom stereocenters. The van der Waals surface area contributed by atoms with E-state index in [1.54, 1.807) is 0 Å². The topological polar surface area (TPSA) is 63.3 Å². The largest absolute Gasteiger partial charge is 1.00 e. The van der Waals surface area contributed by atoms with Gasteiger partial charge in [-0.2, -0.15) is 0 Å². The van der Waals surface area contributed by atoms with E-state index in [-0.39, 0.29) is 31.0 Å². The zero-order chi connectivity index (χ0) is 3.58. The van der Waals surface area contributed by atoms with E-state index >= 15 is 0 Å². The van der Waals surface area contributed by atoms with Gasteiger partial charge in [-0.05, 0) is 0 Å². The Bertz CT molecular complexity index is 36.5. The third-order valence-electron chi connectivity index (χ3n) is 0. The van der Waals surface area contributed by atoms with Crippen molar-refractivity contribution in [2.24, 2.45) is 5.73 Å². The minimum absolute atomic E-state index is 0. The van der Waals surface area contributed by atoms with E-state index in [4.69, 9.17) is 9.90 Å². The van der Waals surface area contributed by atoms with Crippen LogP contribution in [0.1, 0.15) is 1.43 Å². The van der Waals surface area contributed by atoms with E-state index in [1.165, 1.54) is 0 Å². The van der Waals surface area contributed by atoms with Gasteiger partial charge in [0.2, 0.25) is 0 Å². The smallest absolute Gasteiger partial charge is 0.465 e. The fraction of sp³-hybridized carbons (Fsp3) is 0. The number of primary amides is 1. The van der Waals surface area contributed by atoms with E-state index in [9.17, 15) is 0 Å². The fourth-order valence-corrected chi connectivity index (χ4v) is 0. The zero-order valence-corrected chi connectivity index (χ0v) is 4.93. The third-order valence-corrected chi connectivity index (χ3v) is 0. The second-order valence-corrected chi connectivity index (χ2v) is 0.338. The van der Waals surface area contributed by atoms with E-state index in [0.717, 1.165) is 0 Å². The standard InChI is InChI=1S/CH3NO2.Na/c2-1(3)4;/h2H2,(H,3,4);/q;+1/p+1. The summed E-state index contributed by atoms with van der Waals surface area (Å²) >= 11 is 0. The number of carbonyl (C=O) groups is 1. The van der Waals surface area contributed by atoms with E-state index in [1.807, 2.05) is 0 Å². The zero-order valence-electron chi connectivity index (χ0n) is 3.93. The molecule has 0 saturated heterocycles. The number of amides is 1. The monoisotopic (exact) mass is 85.0 g/mol. The van der Waals surface area contributed by atoms with Gasteiger partial charge in [-0.15, -0.1) is 0 Å². The van der Waals surface area contributed by atoms with Gasteiger partial charge in [0, 0.05) is 0 Å². The Morgan fingerprint density at radius 2 is 2.00 bits per heavy atom. The molecule has 0 fully saturated rings. The molecule has 0 aromatic heterocycles.